The molecule has 0 fully saturated rings. The molecule has 0 saturated carbocycles. The summed E-state index contributed by atoms with van der Waals surface area (Å²) in [4.78, 5) is 0.229. The normalized spacial score (nSPS) is 13.6. The Labute approximate surface area is 108 Å². The average molecular weight is 272 g/mol. The van der Waals surface area contributed by atoms with Gasteiger partial charge in [0.15, 0.2) is 0 Å². The molecule has 18 heavy (non-hydrogen) atoms. The molecular weight excluding hydrogens is 252 g/mol. The van der Waals surface area contributed by atoms with Crippen molar-refractivity contribution in [3.8, 4) is 0 Å². The van der Waals surface area contributed by atoms with Crippen molar-refractivity contribution in [1.82, 2.24) is 4.72 Å². The molecule has 0 aliphatic rings. The monoisotopic (exact) mass is 272 g/mol. The van der Waals surface area contributed by atoms with E-state index in [1.54, 1.807) is 32.9 Å². The van der Waals surface area contributed by atoms with Crippen molar-refractivity contribution in [2.24, 2.45) is 5.92 Å². The predicted octanol–water partition coefficient (Wildman–Crippen LogP) is 0.792. The van der Waals surface area contributed by atoms with Crippen LogP contribution < -0.4 is 10.5 Å². The summed E-state index contributed by atoms with van der Waals surface area (Å²) in [5.41, 5.74) is 7.40. The Hall–Kier alpha value is -1.11. The van der Waals surface area contributed by atoms with Gasteiger partial charge in [-0.15, -0.1) is 0 Å². The van der Waals surface area contributed by atoms with Gasteiger partial charge in [-0.05, 0) is 37.0 Å². The van der Waals surface area contributed by atoms with E-state index in [0.717, 1.165) is 0 Å². The van der Waals surface area contributed by atoms with Crippen molar-refractivity contribution < 1.29 is 13.5 Å². The molecule has 0 aliphatic heterocycles. The first-order valence-electron chi connectivity index (χ1n) is 5.75. The van der Waals surface area contributed by atoms with Crippen LogP contribution in [0.2, 0.25) is 0 Å². The Morgan fingerprint density at radius 2 is 2.00 bits per heavy atom. The van der Waals surface area contributed by atoms with Crippen LogP contribution in [0, 0.1) is 19.8 Å². The fourth-order valence-corrected chi connectivity index (χ4v) is 3.31. The zero-order valence-electron chi connectivity index (χ0n) is 10.9. The highest BCUT2D eigenvalue weighted by Gasteiger charge is 2.21. The minimum absolute atomic E-state index is 0.0581. The van der Waals surface area contributed by atoms with E-state index in [0.29, 0.717) is 16.8 Å². The second kappa shape index (κ2) is 5.69. The van der Waals surface area contributed by atoms with Gasteiger partial charge in [-0.25, -0.2) is 13.1 Å². The maximum absolute atomic E-state index is 12.2. The van der Waals surface area contributed by atoms with Gasteiger partial charge in [0.25, 0.3) is 0 Å². The van der Waals surface area contributed by atoms with E-state index in [9.17, 15) is 8.42 Å². The Bertz CT molecular complexity index is 526. The molecule has 6 heteroatoms. The Morgan fingerprint density at radius 1 is 1.39 bits per heavy atom. The second-order valence-corrected chi connectivity index (χ2v) is 6.27. The minimum Gasteiger partial charge on any atom is -0.398 e. The molecule has 0 bridgehead atoms. The Kier molecular flexibility index (Phi) is 4.72. The van der Waals surface area contributed by atoms with Gasteiger partial charge < -0.3 is 10.8 Å². The number of anilines is 1. The number of benzene rings is 1. The fourth-order valence-electron chi connectivity index (χ4n) is 1.64. The summed E-state index contributed by atoms with van der Waals surface area (Å²) in [5.74, 6) is -0.124. The molecule has 1 atom stereocenters. The van der Waals surface area contributed by atoms with E-state index in [-0.39, 0.29) is 24.0 Å². The van der Waals surface area contributed by atoms with E-state index in [1.807, 2.05) is 0 Å². The van der Waals surface area contributed by atoms with Crippen LogP contribution in [0.5, 0.6) is 0 Å². The second-order valence-electron chi connectivity index (χ2n) is 4.57. The summed E-state index contributed by atoms with van der Waals surface area (Å²) < 4.78 is 26.9. The maximum Gasteiger partial charge on any atom is 0.241 e. The molecule has 0 amide bonds. The van der Waals surface area contributed by atoms with Crippen LogP contribution in [0.3, 0.4) is 0 Å². The number of nitrogens with two attached hydrogens (primary N) is 1. The number of hydrogen-bond donors (Lipinski definition) is 3. The molecule has 0 saturated heterocycles. The highest BCUT2D eigenvalue weighted by Crippen LogP contribution is 2.24. The zero-order chi connectivity index (χ0) is 13.9. The molecule has 1 aromatic carbocycles. The van der Waals surface area contributed by atoms with Gasteiger partial charge in [-0.3, -0.25) is 0 Å². The molecular formula is C12H20N2O3S. The number of nitrogen functional groups attached to an aromatic ring is 1. The first kappa shape index (κ1) is 14.9. The highest BCUT2D eigenvalue weighted by molar-refractivity contribution is 7.89. The first-order valence-corrected chi connectivity index (χ1v) is 7.24. The van der Waals surface area contributed by atoms with Crippen LogP contribution in [0.25, 0.3) is 0 Å². The lowest BCUT2D eigenvalue weighted by Gasteiger charge is -2.15. The third-order valence-corrected chi connectivity index (χ3v) is 4.56. The topological polar surface area (TPSA) is 92.4 Å². The molecule has 0 heterocycles. The van der Waals surface area contributed by atoms with Gasteiger partial charge in [0.1, 0.15) is 0 Å². The van der Waals surface area contributed by atoms with E-state index >= 15 is 0 Å². The smallest absolute Gasteiger partial charge is 0.241 e. The predicted molar refractivity (Wildman–Crippen MR) is 71.8 cm³/mol. The van der Waals surface area contributed by atoms with Crippen molar-refractivity contribution in [2.75, 3.05) is 18.9 Å². The summed E-state index contributed by atoms with van der Waals surface area (Å²) in [5, 5.41) is 8.90. The van der Waals surface area contributed by atoms with Gasteiger partial charge in [0, 0.05) is 18.8 Å². The van der Waals surface area contributed by atoms with Gasteiger partial charge in [-0.1, -0.05) is 13.0 Å². The summed E-state index contributed by atoms with van der Waals surface area (Å²) in [6, 6.07) is 3.38. The van der Waals surface area contributed by atoms with Gasteiger partial charge in [0.2, 0.25) is 10.0 Å². The highest BCUT2D eigenvalue weighted by atomic mass is 32.2. The van der Waals surface area contributed by atoms with E-state index in [2.05, 4.69) is 4.72 Å². The molecule has 1 aromatic rings. The third-order valence-electron chi connectivity index (χ3n) is 2.85. The molecule has 0 radical (unpaired) electrons. The van der Waals surface area contributed by atoms with E-state index < -0.39 is 10.0 Å². The van der Waals surface area contributed by atoms with Crippen LogP contribution in [-0.4, -0.2) is 26.7 Å². The van der Waals surface area contributed by atoms with Crippen LogP contribution in [-0.2, 0) is 10.0 Å². The average Bonchev–Trinajstić information content (AvgIpc) is 2.31. The molecule has 0 aliphatic carbocycles. The maximum atomic E-state index is 12.2. The van der Waals surface area contributed by atoms with Crippen molar-refractivity contribution in [3.05, 3.63) is 23.3 Å². The SMILES string of the molecule is Cc1ccc(N)c(C)c1S(=O)(=O)NCC(C)CO. The van der Waals surface area contributed by atoms with Crippen LogP contribution in [0.1, 0.15) is 18.1 Å². The third kappa shape index (κ3) is 3.22. The van der Waals surface area contributed by atoms with Crippen LogP contribution in [0.4, 0.5) is 5.69 Å². The van der Waals surface area contributed by atoms with Crippen molar-refractivity contribution >= 4 is 15.7 Å². The van der Waals surface area contributed by atoms with E-state index in [1.165, 1.54) is 0 Å². The molecule has 1 rings (SSSR count). The summed E-state index contributed by atoms with van der Waals surface area (Å²) in [7, 11) is -3.59. The molecule has 5 nitrogen and oxygen atoms in total. The minimum atomic E-state index is -3.59. The molecule has 102 valence electrons. The van der Waals surface area contributed by atoms with Crippen LogP contribution >= 0.6 is 0 Å². The lowest BCUT2D eigenvalue weighted by molar-refractivity contribution is 0.238. The van der Waals surface area contributed by atoms with Gasteiger partial charge in [0.05, 0.1) is 4.90 Å². The number of aryl methyl sites for hydroxylation is 1. The standard InChI is InChI=1S/C12H20N2O3S/c1-8(7-15)6-14-18(16,17)12-9(2)4-5-11(13)10(12)3/h4-5,8,14-15H,6-7,13H2,1-3H3. The summed E-state index contributed by atoms with van der Waals surface area (Å²) >= 11 is 0. The molecule has 4 N–H and O–H groups in total. The molecule has 0 aromatic heterocycles. The van der Waals surface area contributed by atoms with Crippen molar-refractivity contribution in [1.29, 1.82) is 0 Å². The largest absolute Gasteiger partial charge is 0.398 e. The summed E-state index contributed by atoms with van der Waals surface area (Å²) in [6.45, 7) is 5.33. The fraction of sp³-hybridized carbons (Fsp3) is 0.500. The van der Waals surface area contributed by atoms with E-state index in [4.69, 9.17) is 10.8 Å². The molecule has 1 unspecified atom stereocenters. The number of aliphatic hydroxyl groups is 1. The lowest BCUT2D eigenvalue weighted by Crippen LogP contribution is -2.30. The van der Waals surface area contributed by atoms with Gasteiger partial charge in [-0.2, -0.15) is 0 Å². The molecule has 0 spiro atoms. The number of hydrogen-bond acceptors (Lipinski definition) is 4. The number of rotatable bonds is 5. The van der Waals surface area contributed by atoms with Crippen LogP contribution in [0.15, 0.2) is 17.0 Å². The quantitative estimate of drug-likeness (QED) is 0.691. The first-order chi connectivity index (χ1) is 8.29. The Morgan fingerprint density at radius 3 is 2.56 bits per heavy atom. The zero-order valence-corrected chi connectivity index (χ0v) is 11.7. The number of sulfonamides is 1. The summed E-state index contributed by atoms with van der Waals surface area (Å²) in [6.07, 6.45) is 0. The van der Waals surface area contributed by atoms with Crippen molar-refractivity contribution in [2.45, 2.75) is 25.7 Å². The Balaban J connectivity index is 3.09. The number of aliphatic hydroxyl groups excluding tert-OH is 1. The van der Waals surface area contributed by atoms with Crippen molar-refractivity contribution in [3.63, 3.8) is 0 Å². The number of nitrogens with one attached hydrogen (secondary N) is 1. The van der Waals surface area contributed by atoms with Gasteiger partial charge >= 0.3 is 0 Å². The lowest BCUT2D eigenvalue weighted by atomic mass is 10.1.